The molecule has 0 radical (unpaired) electrons. The second kappa shape index (κ2) is 5.97. The molecule has 1 atom stereocenters. The van der Waals surface area contributed by atoms with Crippen molar-refractivity contribution in [3.05, 3.63) is 0 Å². The number of amides is 1. The van der Waals surface area contributed by atoms with E-state index in [1.165, 1.54) is 0 Å². The van der Waals surface area contributed by atoms with Gasteiger partial charge < -0.3 is 20.5 Å². The number of carbonyl (C=O) groups is 2. The van der Waals surface area contributed by atoms with Gasteiger partial charge in [-0.2, -0.15) is 0 Å². The number of carboxylic acid groups (broad SMARTS) is 1. The Balaban J connectivity index is 2.34. The number of morpholine rings is 1. The predicted molar refractivity (Wildman–Crippen MR) is 61.7 cm³/mol. The van der Waals surface area contributed by atoms with Crippen LogP contribution >= 0.6 is 0 Å². The molecule has 98 valence electrons. The van der Waals surface area contributed by atoms with E-state index in [0.29, 0.717) is 13.2 Å². The van der Waals surface area contributed by atoms with Crippen LogP contribution in [0.25, 0.3) is 0 Å². The summed E-state index contributed by atoms with van der Waals surface area (Å²) in [6.45, 7) is 5.46. The lowest BCUT2D eigenvalue weighted by molar-refractivity contribution is -0.138. The lowest BCUT2D eigenvalue weighted by atomic mass is 10.0. The zero-order valence-corrected chi connectivity index (χ0v) is 10.3. The Morgan fingerprint density at radius 1 is 1.53 bits per heavy atom. The Morgan fingerprint density at radius 2 is 2.24 bits per heavy atom. The lowest BCUT2D eigenvalue weighted by Crippen LogP contribution is -2.48. The molecular formula is C11H20N2O4. The van der Waals surface area contributed by atoms with E-state index in [1.54, 1.807) is 13.8 Å². The van der Waals surface area contributed by atoms with E-state index in [9.17, 15) is 9.59 Å². The molecule has 0 aliphatic carbocycles. The van der Waals surface area contributed by atoms with Crippen molar-refractivity contribution >= 4 is 11.9 Å². The number of hydrogen-bond acceptors (Lipinski definition) is 4. The van der Waals surface area contributed by atoms with E-state index in [2.05, 4.69) is 10.6 Å². The van der Waals surface area contributed by atoms with Crippen molar-refractivity contribution in [2.75, 3.05) is 19.7 Å². The molecule has 17 heavy (non-hydrogen) atoms. The van der Waals surface area contributed by atoms with Gasteiger partial charge in [0.2, 0.25) is 5.91 Å². The number of carboxylic acids is 1. The number of nitrogens with one attached hydrogen (secondary N) is 2. The third-order valence-electron chi connectivity index (χ3n) is 2.49. The van der Waals surface area contributed by atoms with Gasteiger partial charge in [0, 0.05) is 18.6 Å². The number of carbonyl (C=O) groups excluding carboxylic acids is 1. The standard InChI is InChI=1S/C11H20N2O4/c1-11(2,6-10(15)16)13-9(14)5-8-7-12-3-4-17-8/h8,12H,3-7H2,1-2H3,(H,13,14)(H,15,16). The number of aliphatic carboxylic acids is 1. The molecule has 1 aliphatic rings. The van der Waals surface area contributed by atoms with Gasteiger partial charge >= 0.3 is 5.97 Å². The van der Waals surface area contributed by atoms with Gasteiger partial charge in [-0.05, 0) is 13.8 Å². The minimum absolute atomic E-state index is 0.0947. The van der Waals surface area contributed by atoms with E-state index in [4.69, 9.17) is 9.84 Å². The first kappa shape index (κ1) is 13.9. The van der Waals surface area contributed by atoms with Crippen molar-refractivity contribution in [1.82, 2.24) is 10.6 Å². The highest BCUT2D eigenvalue weighted by Gasteiger charge is 2.25. The fraction of sp³-hybridized carbons (Fsp3) is 0.818. The van der Waals surface area contributed by atoms with Gasteiger partial charge in [-0.15, -0.1) is 0 Å². The summed E-state index contributed by atoms with van der Waals surface area (Å²) in [4.78, 5) is 22.3. The molecule has 0 spiro atoms. The molecule has 1 fully saturated rings. The average Bonchev–Trinajstić information content (AvgIpc) is 2.15. The van der Waals surface area contributed by atoms with Crippen LogP contribution in [0.15, 0.2) is 0 Å². The van der Waals surface area contributed by atoms with Gasteiger partial charge in [0.05, 0.1) is 25.6 Å². The van der Waals surface area contributed by atoms with Gasteiger partial charge in [0.15, 0.2) is 0 Å². The Labute approximate surface area is 101 Å². The van der Waals surface area contributed by atoms with Crippen LogP contribution < -0.4 is 10.6 Å². The molecule has 0 aromatic rings. The van der Waals surface area contributed by atoms with Gasteiger partial charge in [0.1, 0.15) is 0 Å². The van der Waals surface area contributed by atoms with Crippen molar-refractivity contribution in [3.8, 4) is 0 Å². The zero-order chi connectivity index (χ0) is 12.9. The van der Waals surface area contributed by atoms with Crippen molar-refractivity contribution < 1.29 is 19.4 Å². The van der Waals surface area contributed by atoms with Crippen molar-refractivity contribution in [2.45, 2.75) is 38.3 Å². The molecule has 0 aromatic heterocycles. The molecule has 1 saturated heterocycles. The molecule has 1 aliphatic heterocycles. The first-order valence-corrected chi connectivity index (χ1v) is 5.74. The molecule has 3 N–H and O–H groups in total. The van der Waals surface area contributed by atoms with E-state index in [-0.39, 0.29) is 24.9 Å². The summed E-state index contributed by atoms with van der Waals surface area (Å²) in [6, 6.07) is 0. The second-order valence-corrected chi connectivity index (χ2v) is 4.90. The summed E-state index contributed by atoms with van der Waals surface area (Å²) in [7, 11) is 0. The maximum Gasteiger partial charge on any atom is 0.305 e. The monoisotopic (exact) mass is 244 g/mol. The minimum atomic E-state index is -0.925. The SMILES string of the molecule is CC(C)(CC(=O)O)NC(=O)CC1CNCCO1. The Morgan fingerprint density at radius 3 is 2.76 bits per heavy atom. The maximum atomic E-state index is 11.7. The van der Waals surface area contributed by atoms with Gasteiger partial charge in [-0.25, -0.2) is 0 Å². The molecule has 0 saturated carbocycles. The van der Waals surface area contributed by atoms with Crippen LogP contribution in [0.1, 0.15) is 26.7 Å². The van der Waals surface area contributed by atoms with Crippen LogP contribution in [0.4, 0.5) is 0 Å². The minimum Gasteiger partial charge on any atom is -0.481 e. The smallest absolute Gasteiger partial charge is 0.305 e. The van der Waals surface area contributed by atoms with Crippen LogP contribution in [-0.2, 0) is 14.3 Å². The summed E-state index contributed by atoms with van der Waals surface area (Å²) in [6.07, 6.45) is 0.0443. The topological polar surface area (TPSA) is 87.7 Å². The van der Waals surface area contributed by atoms with E-state index < -0.39 is 11.5 Å². The number of ether oxygens (including phenoxy) is 1. The Bertz CT molecular complexity index is 285. The Kier molecular flexibility index (Phi) is 4.89. The van der Waals surface area contributed by atoms with E-state index in [0.717, 1.165) is 6.54 Å². The molecule has 0 bridgehead atoms. The fourth-order valence-electron chi connectivity index (χ4n) is 1.81. The first-order valence-electron chi connectivity index (χ1n) is 5.74. The largest absolute Gasteiger partial charge is 0.481 e. The average molecular weight is 244 g/mol. The molecular weight excluding hydrogens is 224 g/mol. The summed E-state index contributed by atoms with van der Waals surface area (Å²) in [5, 5.41) is 14.5. The second-order valence-electron chi connectivity index (χ2n) is 4.90. The third kappa shape index (κ3) is 5.65. The van der Waals surface area contributed by atoms with Crippen LogP contribution in [0, 0.1) is 0 Å². The van der Waals surface area contributed by atoms with Crippen LogP contribution in [0.5, 0.6) is 0 Å². The van der Waals surface area contributed by atoms with Crippen molar-refractivity contribution in [1.29, 1.82) is 0 Å². The normalized spacial score (nSPS) is 20.9. The summed E-state index contributed by atoms with van der Waals surface area (Å²) < 4.78 is 5.40. The van der Waals surface area contributed by atoms with E-state index in [1.807, 2.05) is 0 Å². The maximum absolute atomic E-state index is 11.7. The lowest BCUT2D eigenvalue weighted by Gasteiger charge is -2.27. The zero-order valence-electron chi connectivity index (χ0n) is 10.3. The molecule has 1 amide bonds. The highest BCUT2D eigenvalue weighted by atomic mass is 16.5. The van der Waals surface area contributed by atoms with E-state index >= 15 is 0 Å². The number of rotatable bonds is 5. The first-order chi connectivity index (χ1) is 7.89. The van der Waals surface area contributed by atoms with Crippen LogP contribution in [0.2, 0.25) is 0 Å². The molecule has 1 rings (SSSR count). The van der Waals surface area contributed by atoms with Gasteiger partial charge in [0.25, 0.3) is 0 Å². The van der Waals surface area contributed by atoms with Crippen molar-refractivity contribution in [2.24, 2.45) is 0 Å². The summed E-state index contributed by atoms with van der Waals surface area (Å²) in [5.41, 5.74) is -0.731. The van der Waals surface area contributed by atoms with Gasteiger partial charge in [-0.3, -0.25) is 9.59 Å². The summed E-state index contributed by atoms with van der Waals surface area (Å²) in [5.74, 6) is -1.10. The highest BCUT2D eigenvalue weighted by Crippen LogP contribution is 2.10. The Hall–Kier alpha value is -1.14. The fourth-order valence-corrected chi connectivity index (χ4v) is 1.81. The third-order valence-corrected chi connectivity index (χ3v) is 2.49. The van der Waals surface area contributed by atoms with Crippen molar-refractivity contribution in [3.63, 3.8) is 0 Å². The molecule has 6 heteroatoms. The quantitative estimate of drug-likeness (QED) is 0.620. The molecule has 1 unspecified atom stereocenters. The van der Waals surface area contributed by atoms with Crippen LogP contribution in [-0.4, -0.2) is 48.3 Å². The predicted octanol–water partition coefficient (Wildman–Crippen LogP) is -0.266. The molecule has 6 nitrogen and oxygen atoms in total. The van der Waals surface area contributed by atoms with Gasteiger partial charge in [-0.1, -0.05) is 0 Å². The summed E-state index contributed by atoms with van der Waals surface area (Å²) >= 11 is 0. The van der Waals surface area contributed by atoms with Crippen LogP contribution in [0.3, 0.4) is 0 Å². The number of hydrogen-bond donors (Lipinski definition) is 3. The molecule has 0 aromatic carbocycles. The highest BCUT2D eigenvalue weighted by molar-refractivity contribution is 5.78. The molecule has 1 heterocycles.